The fourth-order valence-electron chi connectivity index (χ4n) is 3.98. The van der Waals surface area contributed by atoms with E-state index >= 15 is 0 Å². The maximum absolute atomic E-state index is 12.3. The molecule has 1 amide bonds. The van der Waals surface area contributed by atoms with Crippen molar-refractivity contribution in [2.45, 2.75) is 50.0 Å². The Bertz CT molecular complexity index is 1030. The number of hydrogen-bond acceptors (Lipinski definition) is 4. The van der Waals surface area contributed by atoms with Crippen molar-refractivity contribution in [3.05, 3.63) is 82.4 Å². The predicted molar refractivity (Wildman–Crippen MR) is 128 cm³/mol. The quantitative estimate of drug-likeness (QED) is 0.621. The first-order chi connectivity index (χ1) is 15.1. The number of ether oxygens (including phenoxy) is 1. The van der Waals surface area contributed by atoms with Gasteiger partial charge in [-0.1, -0.05) is 48.9 Å². The summed E-state index contributed by atoms with van der Waals surface area (Å²) in [6.45, 7) is 2.03. The fraction of sp³-hybridized carbons (Fsp3) is 0.308. The van der Waals surface area contributed by atoms with Gasteiger partial charge in [-0.05, 0) is 56.2 Å². The Morgan fingerprint density at radius 3 is 2.65 bits per heavy atom. The molecule has 4 nitrogen and oxygen atoms in total. The molecule has 2 aliphatic rings. The summed E-state index contributed by atoms with van der Waals surface area (Å²) in [5.74, 6) is 0.926. The summed E-state index contributed by atoms with van der Waals surface area (Å²) in [5.41, 5.74) is 4.05. The molecular weight excluding hydrogens is 404 g/mol. The van der Waals surface area contributed by atoms with Crippen molar-refractivity contribution in [3.8, 4) is 5.75 Å². The van der Waals surface area contributed by atoms with Gasteiger partial charge in [0.05, 0.1) is 18.5 Å². The zero-order chi connectivity index (χ0) is 21.6. The van der Waals surface area contributed by atoms with Crippen LogP contribution < -0.4 is 10.1 Å². The van der Waals surface area contributed by atoms with E-state index in [0.29, 0.717) is 12.5 Å². The maximum atomic E-state index is 12.3. The summed E-state index contributed by atoms with van der Waals surface area (Å²) in [6, 6.07) is 16.7. The molecule has 160 valence electrons. The van der Waals surface area contributed by atoms with Crippen LogP contribution in [0.4, 0.5) is 0 Å². The summed E-state index contributed by atoms with van der Waals surface area (Å²) in [7, 11) is 1.67. The van der Waals surface area contributed by atoms with Gasteiger partial charge in [-0.2, -0.15) is 0 Å². The minimum Gasteiger partial charge on any atom is -0.497 e. The first-order valence-electron chi connectivity index (χ1n) is 10.8. The number of carbonyl (C=O) groups excluding carboxylic acids is 1. The van der Waals surface area contributed by atoms with Gasteiger partial charge in [0.25, 0.3) is 0 Å². The van der Waals surface area contributed by atoms with Crippen LogP contribution in [0.2, 0.25) is 0 Å². The molecular formula is C26H28N2O2S. The third kappa shape index (κ3) is 5.28. The number of fused-ring (bicyclic) bond motifs is 1. The monoisotopic (exact) mass is 432 g/mol. The van der Waals surface area contributed by atoms with Crippen LogP contribution in [0.25, 0.3) is 0 Å². The average Bonchev–Trinajstić information content (AvgIpc) is 3.25. The Morgan fingerprint density at radius 1 is 1.16 bits per heavy atom. The third-order valence-corrected chi connectivity index (χ3v) is 6.88. The van der Waals surface area contributed by atoms with Gasteiger partial charge in [0.2, 0.25) is 5.91 Å². The van der Waals surface area contributed by atoms with E-state index in [1.165, 1.54) is 12.8 Å². The van der Waals surface area contributed by atoms with E-state index < -0.39 is 0 Å². The molecule has 1 heterocycles. The summed E-state index contributed by atoms with van der Waals surface area (Å²) in [4.78, 5) is 19.5. The van der Waals surface area contributed by atoms with E-state index in [1.54, 1.807) is 18.9 Å². The minimum atomic E-state index is 0.0999. The van der Waals surface area contributed by atoms with Crippen molar-refractivity contribution in [2.75, 3.05) is 7.11 Å². The van der Waals surface area contributed by atoms with Gasteiger partial charge in [-0.3, -0.25) is 9.79 Å². The molecule has 1 aliphatic carbocycles. The summed E-state index contributed by atoms with van der Waals surface area (Å²) in [5, 5.41) is 3.14. The van der Waals surface area contributed by atoms with Crippen LogP contribution in [0.15, 0.2) is 81.2 Å². The molecule has 2 aromatic carbocycles. The second kappa shape index (κ2) is 10.0. The van der Waals surface area contributed by atoms with E-state index in [1.807, 2.05) is 49.4 Å². The van der Waals surface area contributed by atoms with Crippen molar-refractivity contribution in [1.29, 1.82) is 0 Å². The van der Waals surface area contributed by atoms with Crippen LogP contribution in [0.1, 0.15) is 50.2 Å². The molecule has 1 fully saturated rings. The van der Waals surface area contributed by atoms with E-state index in [9.17, 15) is 4.79 Å². The third-order valence-electron chi connectivity index (χ3n) is 5.65. The summed E-state index contributed by atoms with van der Waals surface area (Å²) < 4.78 is 5.30. The molecule has 1 saturated carbocycles. The Hall–Kier alpha value is -2.79. The van der Waals surface area contributed by atoms with Crippen molar-refractivity contribution in [1.82, 2.24) is 5.32 Å². The van der Waals surface area contributed by atoms with Crippen LogP contribution in [0.3, 0.4) is 0 Å². The number of methoxy groups -OCH3 is 1. The molecule has 4 rings (SSSR count). The maximum Gasteiger partial charge on any atom is 0.224 e. The van der Waals surface area contributed by atoms with Gasteiger partial charge in [0.15, 0.2) is 0 Å². The van der Waals surface area contributed by atoms with Crippen molar-refractivity contribution < 1.29 is 9.53 Å². The van der Waals surface area contributed by atoms with E-state index in [2.05, 4.69) is 23.5 Å². The van der Waals surface area contributed by atoms with Gasteiger partial charge >= 0.3 is 0 Å². The first-order valence-corrected chi connectivity index (χ1v) is 11.6. The minimum absolute atomic E-state index is 0.0999. The highest BCUT2D eigenvalue weighted by atomic mass is 32.2. The number of allylic oxidation sites excluding steroid dienone is 2. The fourth-order valence-corrected chi connectivity index (χ4v) is 5.00. The summed E-state index contributed by atoms with van der Waals surface area (Å²) >= 11 is 1.70. The number of hydrogen-bond donors (Lipinski definition) is 1. The molecule has 0 atom stereocenters. The molecule has 2 aromatic rings. The number of benzene rings is 2. The molecule has 0 aromatic heterocycles. The smallest absolute Gasteiger partial charge is 0.224 e. The lowest BCUT2D eigenvalue weighted by molar-refractivity contribution is -0.120. The van der Waals surface area contributed by atoms with E-state index in [4.69, 9.17) is 9.73 Å². The predicted octanol–water partition coefficient (Wildman–Crippen LogP) is 5.87. The molecule has 0 saturated heterocycles. The Kier molecular flexibility index (Phi) is 6.92. The molecule has 0 bridgehead atoms. The second-order valence-electron chi connectivity index (χ2n) is 7.89. The molecule has 0 radical (unpaired) electrons. The molecule has 1 N–H and O–H groups in total. The lowest BCUT2D eigenvalue weighted by atomic mass is 10.0. The highest BCUT2D eigenvalue weighted by molar-refractivity contribution is 8.03. The van der Waals surface area contributed by atoms with Crippen molar-refractivity contribution >= 4 is 23.4 Å². The van der Waals surface area contributed by atoms with Crippen LogP contribution in [0, 0.1) is 0 Å². The largest absolute Gasteiger partial charge is 0.497 e. The highest BCUT2D eigenvalue weighted by Crippen LogP contribution is 2.37. The SMILES string of the molecule is COc1ccc(C2=NC(C)=C(/C=C\CC(=O)NC3CCCC3)Sc3ccccc32)cc1. The van der Waals surface area contributed by atoms with Crippen LogP contribution >= 0.6 is 11.8 Å². The van der Waals surface area contributed by atoms with Crippen LogP contribution in [0.5, 0.6) is 5.75 Å². The van der Waals surface area contributed by atoms with Gasteiger partial charge in [0.1, 0.15) is 5.75 Å². The molecule has 0 unspecified atom stereocenters. The number of nitrogens with zero attached hydrogens (tertiary/aromatic N) is 1. The van der Waals surface area contributed by atoms with E-state index in [0.717, 1.165) is 50.9 Å². The van der Waals surface area contributed by atoms with Gasteiger partial charge < -0.3 is 10.1 Å². The normalized spacial score (nSPS) is 16.8. The Labute approximate surface area is 188 Å². The number of carbonyl (C=O) groups is 1. The number of amides is 1. The zero-order valence-corrected chi connectivity index (χ0v) is 18.9. The lowest BCUT2D eigenvalue weighted by Gasteiger charge is -2.10. The second-order valence-corrected chi connectivity index (χ2v) is 8.98. The number of thioether (sulfide) groups is 1. The Balaban J connectivity index is 1.57. The van der Waals surface area contributed by atoms with E-state index in [-0.39, 0.29) is 5.91 Å². The average molecular weight is 433 g/mol. The number of aliphatic imine (C=N–C) groups is 1. The first kappa shape index (κ1) is 21.4. The molecule has 1 aliphatic heterocycles. The van der Waals surface area contributed by atoms with Crippen LogP contribution in [-0.2, 0) is 4.79 Å². The highest BCUT2D eigenvalue weighted by Gasteiger charge is 2.19. The standard InChI is InChI=1S/C26H28N2O2S/c1-18-23(12-7-13-25(29)28-20-8-3-4-9-20)31-24-11-6-5-10-22(24)26(27-18)19-14-16-21(30-2)17-15-19/h5-7,10-12,14-17,20H,3-4,8-9,13H2,1-2H3,(H,28,29)/b12-7-. The number of nitrogens with one attached hydrogen (secondary N) is 1. The molecule has 31 heavy (non-hydrogen) atoms. The van der Waals surface area contributed by atoms with Gasteiger partial charge in [-0.15, -0.1) is 0 Å². The zero-order valence-electron chi connectivity index (χ0n) is 18.1. The van der Waals surface area contributed by atoms with Gasteiger partial charge in [-0.25, -0.2) is 0 Å². The molecule has 0 spiro atoms. The number of rotatable bonds is 6. The van der Waals surface area contributed by atoms with Crippen molar-refractivity contribution in [3.63, 3.8) is 0 Å². The molecule has 5 heteroatoms. The van der Waals surface area contributed by atoms with Gasteiger partial charge in [0, 0.05) is 33.4 Å². The lowest BCUT2D eigenvalue weighted by Crippen LogP contribution is -2.31. The topological polar surface area (TPSA) is 50.7 Å². The Morgan fingerprint density at radius 2 is 1.90 bits per heavy atom. The summed E-state index contributed by atoms with van der Waals surface area (Å²) in [6.07, 6.45) is 9.03. The van der Waals surface area contributed by atoms with Crippen molar-refractivity contribution in [2.24, 2.45) is 4.99 Å². The van der Waals surface area contributed by atoms with Crippen LogP contribution in [-0.4, -0.2) is 24.8 Å².